The number of aryl methyl sites for hydroxylation is 2. The zero-order valence-electron chi connectivity index (χ0n) is 12.0. The summed E-state index contributed by atoms with van der Waals surface area (Å²) in [5.41, 5.74) is 3.92. The van der Waals surface area contributed by atoms with Crippen LogP contribution in [0.5, 0.6) is 0 Å². The van der Waals surface area contributed by atoms with Gasteiger partial charge in [-0.25, -0.2) is 0 Å². The van der Waals surface area contributed by atoms with E-state index in [0.29, 0.717) is 0 Å². The Bertz CT molecular complexity index is 425. The van der Waals surface area contributed by atoms with Crippen molar-refractivity contribution in [1.82, 2.24) is 4.90 Å². The second kappa shape index (κ2) is 5.02. The first-order valence-corrected chi connectivity index (χ1v) is 6.90. The highest BCUT2D eigenvalue weighted by atomic mass is 16.3. The fourth-order valence-electron chi connectivity index (χ4n) is 2.79. The van der Waals surface area contributed by atoms with Crippen molar-refractivity contribution in [3.05, 3.63) is 34.9 Å². The molecule has 1 unspecified atom stereocenters. The van der Waals surface area contributed by atoms with E-state index in [1.807, 2.05) is 0 Å². The van der Waals surface area contributed by atoms with Gasteiger partial charge in [-0.15, -0.1) is 0 Å². The van der Waals surface area contributed by atoms with E-state index in [0.717, 1.165) is 25.9 Å². The fourth-order valence-corrected chi connectivity index (χ4v) is 2.79. The SMILES string of the molecule is Cc1ccc(C)c(CN2CCCC(O)C2(C)C)c1. The molecule has 2 heteroatoms. The Kier molecular flexibility index (Phi) is 3.79. The molecule has 0 saturated carbocycles. The standard InChI is InChI=1S/C16H25NO/c1-12-7-8-13(2)14(10-12)11-17-9-5-6-15(18)16(17,3)4/h7-8,10,15,18H,5-6,9,11H2,1-4H3. The molecule has 0 bridgehead atoms. The van der Waals surface area contributed by atoms with Gasteiger partial charge >= 0.3 is 0 Å². The number of nitrogens with zero attached hydrogens (tertiary/aromatic N) is 1. The quantitative estimate of drug-likeness (QED) is 0.868. The molecule has 2 nitrogen and oxygen atoms in total. The van der Waals surface area contributed by atoms with Crippen molar-refractivity contribution in [3.8, 4) is 0 Å². The van der Waals surface area contributed by atoms with Crippen LogP contribution in [-0.4, -0.2) is 28.2 Å². The fraction of sp³-hybridized carbons (Fsp3) is 0.625. The van der Waals surface area contributed by atoms with Gasteiger partial charge in [0.15, 0.2) is 0 Å². The van der Waals surface area contributed by atoms with Crippen LogP contribution in [-0.2, 0) is 6.54 Å². The van der Waals surface area contributed by atoms with Gasteiger partial charge in [0.2, 0.25) is 0 Å². The lowest BCUT2D eigenvalue weighted by Gasteiger charge is -2.46. The minimum Gasteiger partial charge on any atom is -0.391 e. The first-order chi connectivity index (χ1) is 8.41. The van der Waals surface area contributed by atoms with E-state index in [4.69, 9.17) is 0 Å². The Morgan fingerprint density at radius 1 is 1.33 bits per heavy atom. The molecule has 1 heterocycles. The highest BCUT2D eigenvalue weighted by Gasteiger charge is 2.37. The highest BCUT2D eigenvalue weighted by molar-refractivity contribution is 5.30. The summed E-state index contributed by atoms with van der Waals surface area (Å²) < 4.78 is 0. The zero-order valence-corrected chi connectivity index (χ0v) is 12.0. The molecular weight excluding hydrogens is 222 g/mol. The largest absolute Gasteiger partial charge is 0.391 e. The predicted molar refractivity (Wildman–Crippen MR) is 75.6 cm³/mol. The van der Waals surface area contributed by atoms with Gasteiger partial charge in [-0.2, -0.15) is 0 Å². The number of rotatable bonds is 2. The summed E-state index contributed by atoms with van der Waals surface area (Å²) in [5, 5.41) is 10.2. The van der Waals surface area contributed by atoms with Gasteiger partial charge < -0.3 is 5.11 Å². The highest BCUT2D eigenvalue weighted by Crippen LogP contribution is 2.30. The molecule has 1 aromatic rings. The summed E-state index contributed by atoms with van der Waals surface area (Å²) in [5.74, 6) is 0. The van der Waals surface area contributed by atoms with Crippen molar-refractivity contribution in [2.24, 2.45) is 0 Å². The van der Waals surface area contributed by atoms with Crippen molar-refractivity contribution in [2.45, 2.75) is 58.7 Å². The maximum atomic E-state index is 10.2. The van der Waals surface area contributed by atoms with Gasteiger partial charge in [0.1, 0.15) is 0 Å². The summed E-state index contributed by atoms with van der Waals surface area (Å²) in [6.07, 6.45) is 1.81. The van der Waals surface area contributed by atoms with Gasteiger partial charge in [-0.05, 0) is 58.2 Å². The molecule has 0 radical (unpaired) electrons. The van der Waals surface area contributed by atoms with E-state index in [9.17, 15) is 5.11 Å². The lowest BCUT2D eigenvalue weighted by Crippen LogP contribution is -2.55. The second-order valence-electron chi connectivity index (χ2n) is 6.16. The van der Waals surface area contributed by atoms with Crippen molar-refractivity contribution in [1.29, 1.82) is 0 Å². The van der Waals surface area contributed by atoms with Gasteiger partial charge in [0.05, 0.1) is 6.10 Å². The second-order valence-corrected chi connectivity index (χ2v) is 6.16. The van der Waals surface area contributed by atoms with Crippen LogP contribution in [0.25, 0.3) is 0 Å². The van der Waals surface area contributed by atoms with E-state index in [1.54, 1.807) is 0 Å². The lowest BCUT2D eigenvalue weighted by molar-refractivity contribution is -0.0481. The summed E-state index contributed by atoms with van der Waals surface area (Å²) in [7, 11) is 0. The molecule has 1 aromatic carbocycles. The van der Waals surface area contributed by atoms with Crippen LogP contribution >= 0.6 is 0 Å². The molecule has 0 aromatic heterocycles. The van der Waals surface area contributed by atoms with Crippen LogP contribution < -0.4 is 0 Å². The van der Waals surface area contributed by atoms with E-state index >= 15 is 0 Å². The van der Waals surface area contributed by atoms with Crippen LogP contribution in [0.1, 0.15) is 43.4 Å². The molecule has 1 N–H and O–H groups in total. The molecule has 0 spiro atoms. The molecule has 0 aliphatic carbocycles. The van der Waals surface area contributed by atoms with Gasteiger partial charge in [0, 0.05) is 12.1 Å². The number of aliphatic hydroxyl groups excluding tert-OH is 1. The Hall–Kier alpha value is -0.860. The Morgan fingerprint density at radius 2 is 2.06 bits per heavy atom. The zero-order chi connectivity index (χ0) is 13.3. The predicted octanol–water partition coefficient (Wildman–Crippen LogP) is 3.04. The van der Waals surface area contributed by atoms with Crippen LogP contribution in [0.2, 0.25) is 0 Å². The molecule has 1 fully saturated rings. The molecular formula is C16H25NO. The maximum Gasteiger partial charge on any atom is 0.0719 e. The average molecular weight is 247 g/mol. The average Bonchev–Trinajstić information content (AvgIpc) is 2.30. The first kappa shape index (κ1) is 13.6. The van der Waals surface area contributed by atoms with E-state index in [1.165, 1.54) is 16.7 Å². The smallest absolute Gasteiger partial charge is 0.0719 e. The summed E-state index contributed by atoms with van der Waals surface area (Å²) in [4.78, 5) is 2.42. The van der Waals surface area contributed by atoms with Gasteiger partial charge in [-0.1, -0.05) is 23.8 Å². The Morgan fingerprint density at radius 3 is 2.78 bits per heavy atom. The Balaban J connectivity index is 2.20. The van der Waals surface area contributed by atoms with Gasteiger partial charge in [0.25, 0.3) is 0 Å². The lowest BCUT2D eigenvalue weighted by atomic mass is 9.86. The van der Waals surface area contributed by atoms with E-state index < -0.39 is 0 Å². The van der Waals surface area contributed by atoms with Crippen molar-refractivity contribution in [2.75, 3.05) is 6.54 Å². The number of hydrogen-bond donors (Lipinski definition) is 1. The summed E-state index contributed by atoms with van der Waals surface area (Å²) in [6.45, 7) is 10.6. The van der Waals surface area contributed by atoms with E-state index in [2.05, 4.69) is 50.8 Å². The van der Waals surface area contributed by atoms with Crippen molar-refractivity contribution < 1.29 is 5.11 Å². The third-order valence-electron chi connectivity index (χ3n) is 4.40. The van der Waals surface area contributed by atoms with Crippen molar-refractivity contribution in [3.63, 3.8) is 0 Å². The van der Waals surface area contributed by atoms with E-state index in [-0.39, 0.29) is 11.6 Å². The third-order valence-corrected chi connectivity index (χ3v) is 4.40. The summed E-state index contributed by atoms with van der Waals surface area (Å²) in [6, 6.07) is 6.62. The van der Waals surface area contributed by atoms with Gasteiger partial charge in [-0.3, -0.25) is 4.90 Å². The van der Waals surface area contributed by atoms with Crippen LogP contribution in [0.15, 0.2) is 18.2 Å². The molecule has 1 aliphatic heterocycles. The maximum absolute atomic E-state index is 10.2. The number of benzene rings is 1. The minimum absolute atomic E-state index is 0.117. The van der Waals surface area contributed by atoms with Crippen LogP contribution in [0.4, 0.5) is 0 Å². The number of piperidine rings is 1. The molecule has 1 saturated heterocycles. The van der Waals surface area contributed by atoms with Crippen molar-refractivity contribution >= 4 is 0 Å². The number of hydrogen-bond acceptors (Lipinski definition) is 2. The topological polar surface area (TPSA) is 23.5 Å². The molecule has 1 aliphatic rings. The molecule has 100 valence electrons. The molecule has 18 heavy (non-hydrogen) atoms. The Labute approximate surface area is 111 Å². The monoisotopic (exact) mass is 247 g/mol. The molecule has 2 rings (SSSR count). The van der Waals surface area contributed by atoms with Crippen LogP contribution in [0, 0.1) is 13.8 Å². The third kappa shape index (κ3) is 2.60. The van der Waals surface area contributed by atoms with Crippen LogP contribution in [0.3, 0.4) is 0 Å². The molecule has 0 amide bonds. The first-order valence-electron chi connectivity index (χ1n) is 6.90. The number of likely N-dealkylation sites (tertiary alicyclic amines) is 1. The summed E-state index contributed by atoms with van der Waals surface area (Å²) >= 11 is 0. The normalized spacial score (nSPS) is 24.2. The number of aliphatic hydroxyl groups is 1. The molecule has 1 atom stereocenters. The minimum atomic E-state index is -0.212.